The Morgan fingerprint density at radius 2 is 1.55 bits per heavy atom. The van der Waals surface area contributed by atoms with E-state index >= 15 is 0 Å². The molecule has 5 saturated carbocycles. The predicted octanol–water partition coefficient (Wildman–Crippen LogP) is 8.46. The zero-order chi connectivity index (χ0) is 21.6. The summed E-state index contributed by atoms with van der Waals surface area (Å²) in [5, 5.41) is 0. The van der Waals surface area contributed by atoms with Crippen molar-refractivity contribution < 1.29 is 4.79 Å². The Kier molecular flexibility index (Phi) is 6.37. The number of aldehydes is 1. The summed E-state index contributed by atoms with van der Waals surface area (Å²) in [6.07, 6.45) is 24.3. The summed E-state index contributed by atoms with van der Waals surface area (Å²) in [5.74, 6) is 7.71. The lowest BCUT2D eigenvalue weighted by molar-refractivity contribution is -0.110. The van der Waals surface area contributed by atoms with E-state index in [9.17, 15) is 4.79 Å². The topological polar surface area (TPSA) is 17.1 Å². The van der Waals surface area contributed by atoms with Crippen LogP contribution in [0.5, 0.6) is 0 Å². The lowest BCUT2D eigenvalue weighted by Gasteiger charge is -2.60. The van der Waals surface area contributed by atoms with E-state index in [1.807, 2.05) is 0 Å². The number of carbonyl (C=O) groups excluding carboxylic acids is 1. The number of carbonyl (C=O) groups is 1. The van der Waals surface area contributed by atoms with Gasteiger partial charge in [0.1, 0.15) is 6.29 Å². The summed E-state index contributed by atoms with van der Waals surface area (Å²) >= 11 is 0. The summed E-state index contributed by atoms with van der Waals surface area (Å²) < 4.78 is 0. The third kappa shape index (κ3) is 3.77. The van der Waals surface area contributed by atoms with Crippen molar-refractivity contribution in [3.63, 3.8) is 0 Å². The van der Waals surface area contributed by atoms with Crippen molar-refractivity contribution in [2.75, 3.05) is 0 Å². The van der Waals surface area contributed by atoms with Gasteiger partial charge in [-0.25, -0.2) is 0 Å². The summed E-state index contributed by atoms with van der Waals surface area (Å²) in [7, 11) is 0. The van der Waals surface area contributed by atoms with Crippen molar-refractivity contribution in [1.29, 1.82) is 0 Å². The van der Waals surface area contributed by atoms with Crippen molar-refractivity contribution in [2.24, 2.45) is 58.2 Å². The molecule has 0 aromatic carbocycles. The second-order valence-electron chi connectivity index (χ2n) is 13.5. The molecule has 0 bridgehead atoms. The standard InChI is InChI=1S/C30H50O/c1-21(8-7-19-31)26-15-16-27-25-14-13-24-12-11-22-9-5-4-6-10-23(22)20-30(24,3)28(25)17-18-29(26,27)2/h19,21-28H,4-18,20H2,1-3H3/t21?,22?,23?,24-,25?,26?,27?,28?,29+,30-/m0/s1. The van der Waals surface area contributed by atoms with Crippen LogP contribution in [0.3, 0.4) is 0 Å². The van der Waals surface area contributed by atoms with E-state index in [1.165, 1.54) is 57.8 Å². The molecule has 176 valence electrons. The molecule has 1 heteroatoms. The molecule has 0 heterocycles. The van der Waals surface area contributed by atoms with Gasteiger partial charge in [-0.05, 0) is 122 Å². The molecule has 7 unspecified atom stereocenters. The van der Waals surface area contributed by atoms with E-state index in [0.717, 1.165) is 66.5 Å². The highest BCUT2D eigenvalue weighted by molar-refractivity contribution is 5.49. The second-order valence-corrected chi connectivity index (χ2v) is 13.5. The number of hydrogen-bond acceptors (Lipinski definition) is 1. The lowest BCUT2D eigenvalue weighted by atomic mass is 9.45. The van der Waals surface area contributed by atoms with E-state index in [1.54, 1.807) is 32.1 Å². The summed E-state index contributed by atoms with van der Waals surface area (Å²) in [4.78, 5) is 11.0. The molecule has 0 spiro atoms. The molecule has 0 N–H and O–H groups in total. The maximum atomic E-state index is 11.0. The minimum absolute atomic E-state index is 0.558. The fourth-order valence-electron chi connectivity index (χ4n) is 10.9. The largest absolute Gasteiger partial charge is 0.303 e. The fourth-order valence-corrected chi connectivity index (χ4v) is 10.9. The quantitative estimate of drug-likeness (QED) is 0.412. The highest BCUT2D eigenvalue weighted by atomic mass is 16.1. The first-order valence-corrected chi connectivity index (χ1v) is 14.4. The van der Waals surface area contributed by atoms with Gasteiger partial charge in [-0.15, -0.1) is 0 Å². The van der Waals surface area contributed by atoms with Gasteiger partial charge < -0.3 is 4.79 Å². The van der Waals surface area contributed by atoms with Gasteiger partial charge in [-0.2, -0.15) is 0 Å². The zero-order valence-corrected chi connectivity index (χ0v) is 20.9. The van der Waals surface area contributed by atoms with Gasteiger partial charge in [-0.3, -0.25) is 0 Å². The molecule has 5 aliphatic carbocycles. The first-order valence-electron chi connectivity index (χ1n) is 14.4. The Labute approximate surface area is 192 Å². The Hall–Kier alpha value is -0.330. The van der Waals surface area contributed by atoms with Crippen LogP contribution in [0.2, 0.25) is 0 Å². The highest BCUT2D eigenvalue weighted by Crippen LogP contribution is 2.69. The maximum absolute atomic E-state index is 11.0. The third-order valence-electron chi connectivity index (χ3n) is 12.5. The van der Waals surface area contributed by atoms with Crippen LogP contribution in [-0.4, -0.2) is 6.29 Å². The normalized spacial score (nSPS) is 50.7. The molecule has 31 heavy (non-hydrogen) atoms. The van der Waals surface area contributed by atoms with Crippen molar-refractivity contribution in [2.45, 2.75) is 124 Å². The summed E-state index contributed by atoms with van der Waals surface area (Å²) in [6.45, 7) is 7.94. The molecular weight excluding hydrogens is 376 g/mol. The van der Waals surface area contributed by atoms with Gasteiger partial charge in [0.15, 0.2) is 0 Å². The molecule has 0 aromatic heterocycles. The van der Waals surface area contributed by atoms with Crippen LogP contribution in [0.25, 0.3) is 0 Å². The molecule has 0 saturated heterocycles. The van der Waals surface area contributed by atoms with Crippen LogP contribution >= 0.6 is 0 Å². The highest BCUT2D eigenvalue weighted by Gasteiger charge is 2.60. The Morgan fingerprint density at radius 3 is 2.35 bits per heavy atom. The van der Waals surface area contributed by atoms with E-state index in [2.05, 4.69) is 20.8 Å². The third-order valence-corrected chi connectivity index (χ3v) is 12.5. The fraction of sp³-hybridized carbons (Fsp3) is 0.967. The predicted molar refractivity (Wildman–Crippen MR) is 130 cm³/mol. The molecule has 0 amide bonds. The Bertz CT molecular complexity index is 640. The lowest BCUT2D eigenvalue weighted by Crippen LogP contribution is -2.52. The van der Waals surface area contributed by atoms with Crippen molar-refractivity contribution in [3.8, 4) is 0 Å². The smallest absolute Gasteiger partial charge is 0.120 e. The number of rotatable bonds is 4. The van der Waals surface area contributed by atoms with Crippen molar-refractivity contribution in [1.82, 2.24) is 0 Å². The van der Waals surface area contributed by atoms with Gasteiger partial charge >= 0.3 is 0 Å². The van der Waals surface area contributed by atoms with Crippen LogP contribution < -0.4 is 0 Å². The minimum atomic E-state index is 0.558. The van der Waals surface area contributed by atoms with E-state index in [0.29, 0.717) is 10.8 Å². The SMILES string of the molecule is CC(CCC=O)C1CCC2C3CC[C@@H]4CCC5CCCCCC5C[C@]4(C)C3CC[C@]12C. The number of fused-ring (bicyclic) bond motifs is 6. The molecule has 0 aromatic rings. The van der Waals surface area contributed by atoms with E-state index in [-0.39, 0.29) is 0 Å². The zero-order valence-electron chi connectivity index (χ0n) is 20.9. The van der Waals surface area contributed by atoms with Crippen LogP contribution in [-0.2, 0) is 4.79 Å². The molecular formula is C30H50O. The Balaban J connectivity index is 1.37. The first-order chi connectivity index (χ1) is 15.0. The average molecular weight is 427 g/mol. The average Bonchev–Trinajstić information content (AvgIpc) is 2.87. The number of hydrogen-bond donors (Lipinski definition) is 0. The first kappa shape index (κ1) is 22.5. The molecule has 5 rings (SSSR count). The van der Waals surface area contributed by atoms with E-state index in [4.69, 9.17) is 0 Å². The van der Waals surface area contributed by atoms with E-state index < -0.39 is 0 Å². The molecule has 5 aliphatic rings. The van der Waals surface area contributed by atoms with Crippen LogP contribution in [0, 0.1) is 58.2 Å². The van der Waals surface area contributed by atoms with Crippen LogP contribution in [0.1, 0.15) is 124 Å². The van der Waals surface area contributed by atoms with Gasteiger partial charge in [0.25, 0.3) is 0 Å². The molecule has 5 fully saturated rings. The van der Waals surface area contributed by atoms with Gasteiger partial charge in [0, 0.05) is 6.42 Å². The summed E-state index contributed by atoms with van der Waals surface area (Å²) in [6, 6.07) is 0. The van der Waals surface area contributed by atoms with Gasteiger partial charge in [-0.1, -0.05) is 52.9 Å². The second kappa shape index (κ2) is 8.79. The molecule has 1 nitrogen and oxygen atoms in total. The minimum Gasteiger partial charge on any atom is -0.303 e. The Morgan fingerprint density at radius 1 is 0.806 bits per heavy atom. The molecule has 0 radical (unpaired) electrons. The maximum Gasteiger partial charge on any atom is 0.120 e. The van der Waals surface area contributed by atoms with Crippen molar-refractivity contribution >= 4 is 6.29 Å². The summed E-state index contributed by atoms with van der Waals surface area (Å²) in [5.41, 5.74) is 1.19. The van der Waals surface area contributed by atoms with Crippen molar-refractivity contribution in [3.05, 3.63) is 0 Å². The van der Waals surface area contributed by atoms with Crippen LogP contribution in [0.15, 0.2) is 0 Å². The van der Waals surface area contributed by atoms with Crippen LogP contribution in [0.4, 0.5) is 0 Å². The van der Waals surface area contributed by atoms with Gasteiger partial charge in [0.2, 0.25) is 0 Å². The molecule has 10 atom stereocenters. The monoisotopic (exact) mass is 426 g/mol. The van der Waals surface area contributed by atoms with Gasteiger partial charge in [0.05, 0.1) is 0 Å². The molecule has 0 aliphatic heterocycles.